The second-order valence-electron chi connectivity index (χ2n) is 3.56. The van der Waals surface area contributed by atoms with Gasteiger partial charge in [0.25, 0.3) is 0 Å². The van der Waals surface area contributed by atoms with E-state index in [2.05, 4.69) is 5.32 Å². The first-order valence-corrected chi connectivity index (χ1v) is 6.13. The lowest BCUT2D eigenvalue weighted by Gasteiger charge is -2.08. The highest BCUT2D eigenvalue weighted by Gasteiger charge is 2.07. The summed E-state index contributed by atoms with van der Waals surface area (Å²) in [5.41, 5.74) is 5.52. The molecule has 0 saturated heterocycles. The van der Waals surface area contributed by atoms with Gasteiger partial charge in [0.2, 0.25) is 5.91 Å². The van der Waals surface area contributed by atoms with Crippen LogP contribution in [0, 0.1) is 11.6 Å². The molecule has 0 aliphatic carbocycles. The van der Waals surface area contributed by atoms with Gasteiger partial charge >= 0.3 is 0 Å². The van der Waals surface area contributed by atoms with Crippen LogP contribution in [0.15, 0.2) is 18.2 Å². The van der Waals surface area contributed by atoms with Crippen LogP contribution in [0.25, 0.3) is 0 Å². The van der Waals surface area contributed by atoms with Gasteiger partial charge in [-0.3, -0.25) is 4.79 Å². The highest BCUT2D eigenvalue weighted by molar-refractivity contribution is 8.00. The summed E-state index contributed by atoms with van der Waals surface area (Å²) in [6.45, 7) is 2.38. The average molecular weight is 260 g/mol. The number of hydrogen-bond donors (Lipinski definition) is 2. The fourth-order valence-electron chi connectivity index (χ4n) is 1.11. The van der Waals surface area contributed by atoms with Crippen molar-refractivity contribution in [1.82, 2.24) is 0 Å². The van der Waals surface area contributed by atoms with Crippen LogP contribution in [0.4, 0.5) is 14.5 Å². The fraction of sp³-hybridized carbons (Fsp3) is 0.364. The highest BCUT2D eigenvalue weighted by Crippen LogP contribution is 2.14. The predicted molar refractivity (Wildman–Crippen MR) is 66.0 cm³/mol. The maximum absolute atomic E-state index is 12.8. The van der Waals surface area contributed by atoms with Crippen LogP contribution in [0.1, 0.15) is 6.92 Å². The first-order chi connectivity index (χ1) is 8.01. The molecule has 0 radical (unpaired) electrons. The first-order valence-electron chi connectivity index (χ1n) is 5.09. The number of nitrogens with one attached hydrogen (secondary N) is 1. The van der Waals surface area contributed by atoms with E-state index < -0.39 is 11.6 Å². The molecule has 0 spiro atoms. The summed E-state index contributed by atoms with van der Waals surface area (Å²) in [6.07, 6.45) is 0. The molecule has 1 aromatic rings. The molecule has 1 unspecified atom stereocenters. The van der Waals surface area contributed by atoms with Crippen molar-refractivity contribution in [2.24, 2.45) is 5.73 Å². The van der Waals surface area contributed by atoms with Crippen molar-refractivity contribution in [3.8, 4) is 0 Å². The molecule has 0 bridgehead atoms. The maximum atomic E-state index is 12.8. The number of carbonyl (C=O) groups is 1. The highest BCUT2D eigenvalue weighted by atomic mass is 32.2. The number of rotatable bonds is 5. The van der Waals surface area contributed by atoms with E-state index in [-0.39, 0.29) is 22.6 Å². The molecule has 17 heavy (non-hydrogen) atoms. The van der Waals surface area contributed by atoms with Gasteiger partial charge in [-0.05, 0) is 12.1 Å². The van der Waals surface area contributed by atoms with Crippen molar-refractivity contribution < 1.29 is 13.6 Å². The van der Waals surface area contributed by atoms with Crippen LogP contribution in [-0.2, 0) is 4.79 Å². The monoisotopic (exact) mass is 260 g/mol. The summed E-state index contributed by atoms with van der Waals surface area (Å²) >= 11 is 1.39. The normalized spacial score (nSPS) is 12.2. The lowest BCUT2D eigenvalue weighted by Crippen LogP contribution is -2.19. The second-order valence-corrected chi connectivity index (χ2v) is 4.99. The maximum Gasteiger partial charge on any atom is 0.234 e. The van der Waals surface area contributed by atoms with E-state index in [0.29, 0.717) is 6.54 Å². The third kappa shape index (κ3) is 5.14. The van der Waals surface area contributed by atoms with Crippen LogP contribution in [0.5, 0.6) is 0 Å². The van der Waals surface area contributed by atoms with E-state index in [9.17, 15) is 13.6 Å². The molecule has 3 nitrogen and oxygen atoms in total. The number of anilines is 1. The molecule has 0 heterocycles. The lowest BCUT2D eigenvalue weighted by atomic mass is 10.3. The van der Waals surface area contributed by atoms with Gasteiger partial charge in [0.15, 0.2) is 0 Å². The van der Waals surface area contributed by atoms with Crippen molar-refractivity contribution in [3.63, 3.8) is 0 Å². The Morgan fingerprint density at radius 1 is 1.41 bits per heavy atom. The van der Waals surface area contributed by atoms with Crippen molar-refractivity contribution in [2.75, 3.05) is 17.6 Å². The number of benzene rings is 1. The smallest absolute Gasteiger partial charge is 0.234 e. The van der Waals surface area contributed by atoms with Crippen LogP contribution >= 0.6 is 11.8 Å². The molecule has 1 atom stereocenters. The van der Waals surface area contributed by atoms with Gasteiger partial charge in [0.1, 0.15) is 11.6 Å². The molecule has 0 saturated carbocycles. The number of thioether (sulfide) groups is 1. The minimum atomic E-state index is -0.719. The Labute approximate surface area is 103 Å². The van der Waals surface area contributed by atoms with Crippen molar-refractivity contribution >= 4 is 23.4 Å². The average Bonchev–Trinajstić information content (AvgIpc) is 2.24. The van der Waals surface area contributed by atoms with E-state index in [4.69, 9.17) is 5.73 Å². The zero-order valence-corrected chi connectivity index (χ0v) is 10.2. The summed E-state index contributed by atoms with van der Waals surface area (Å²) in [7, 11) is 0. The molecule has 1 rings (SSSR count). The minimum absolute atomic E-state index is 0.119. The Hall–Kier alpha value is -1.14. The van der Waals surface area contributed by atoms with Gasteiger partial charge < -0.3 is 11.1 Å². The zero-order chi connectivity index (χ0) is 12.8. The number of halogens is 2. The van der Waals surface area contributed by atoms with E-state index in [0.717, 1.165) is 18.2 Å². The summed E-state index contributed by atoms with van der Waals surface area (Å²) < 4.78 is 25.7. The van der Waals surface area contributed by atoms with Crippen molar-refractivity contribution in [2.45, 2.75) is 12.2 Å². The van der Waals surface area contributed by atoms with Gasteiger partial charge in [-0.25, -0.2) is 8.78 Å². The Kier molecular flexibility index (Phi) is 5.37. The van der Waals surface area contributed by atoms with Crippen LogP contribution in [0.2, 0.25) is 0 Å². The van der Waals surface area contributed by atoms with E-state index in [1.54, 1.807) is 0 Å². The lowest BCUT2D eigenvalue weighted by molar-refractivity contribution is -0.113. The van der Waals surface area contributed by atoms with E-state index in [1.165, 1.54) is 11.8 Å². The molecule has 0 fully saturated rings. The molecular formula is C11H14F2N2OS. The Bertz CT molecular complexity index is 381. The Morgan fingerprint density at radius 3 is 2.53 bits per heavy atom. The molecule has 1 amide bonds. The Morgan fingerprint density at radius 2 is 2.00 bits per heavy atom. The summed E-state index contributed by atoms with van der Waals surface area (Å²) in [5.74, 6) is -1.54. The van der Waals surface area contributed by atoms with Crippen LogP contribution in [0.3, 0.4) is 0 Å². The van der Waals surface area contributed by atoms with Crippen LogP contribution in [-0.4, -0.2) is 23.5 Å². The molecule has 94 valence electrons. The van der Waals surface area contributed by atoms with E-state index in [1.807, 2.05) is 6.92 Å². The SMILES string of the molecule is CC(CN)SCC(=O)Nc1cc(F)cc(F)c1. The Balaban J connectivity index is 2.50. The fourth-order valence-corrected chi connectivity index (χ4v) is 1.75. The molecule has 0 aliphatic rings. The van der Waals surface area contributed by atoms with Crippen molar-refractivity contribution in [3.05, 3.63) is 29.8 Å². The molecule has 0 aliphatic heterocycles. The number of hydrogen-bond acceptors (Lipinski definition) is 3. The third-order valence-corrected chi connectivity index (χ3v) is 3.17. The second kappa shape index (κ2) is 6.56. The standard InChI is InChI=1S/C11H14F2N2OS/c1-7(5-14)17-6-11(16)15-10-3-8(12)2-9(13)4-10/h2-4,7H,5-6,14H2,1H3,(H,15,16). The van der Waals surface area contributed by atoms with Gasteiger partial charge in [0, 0.05) is 23.5 Å². The quantitative estimate of drug-likeness (QED) is 0.851. The zero-order valence-electron chi connectivity index (χ0n) is 9.37. The first kappa shape index (κ1) is 13.9. The summed E-state index contributed by atoms with van der Waals surface area (Å²) in [5, 5.41) is 2.59. The van der Waals surface area contributed by atoms with Crippen LogP contribution < -0.4 is 11.1 Å². The molecule has 1 aromatic carbocycles. The topological polar surface area (TPSA) is 55.1 Å². The molecular weight excluding hydrogens is 246 g/mol. The largest absolute Gasteiger partial charge is 0.329 e. The van der Waals surface area contributed by atoms with Gasteiger partial charge in [-0.15, -0.1) is 11.8 Å². The summed E-state index contributed by atoms with van der Waals surface area (Å²) in [4.78, 5) is 11.4. The summed E-state index contributed by atoms with van der Waals surface area (Å²) in [6, 6.07) is 2.89. The third-order valence-electron chi connectivity index (χ3n) is 1.98. The number of amides is 1. The predicted octanol–water partition coefficient (Wildman–Crippen LogP) is 1.98. The van der Waals surface area contributed by atoms with Crippen molar-refractivity contribution in [1.29, 1.82) is 0 Å². The minimum Gasteiger partial charge on any atom is -0.329 e. The molecule has 3 N–H and O–H groups in total. The van der Waals surface area contributed by atoms with Gasteiger partial charge in [-0.2, -0.15) is 0 Å². The molecule has 0 aromatic heterocycles. The number of carbonyl (C=O) groups excluding carboxylic acids is 1. The molecule has 6 heteroatoms. The number of nitrogens with two attached hydrogens (primary N) is 1. The van der Waals surface area contributed by atoms with Gasteiger partial charge in [0.05, 0.1) is 5.75 Å². The van der Waals surface area contributed by atoms with E-state index >= 15 is 0 Å². The van der Waals surface area contributed by atoms with Gasteiger partial charge in [-0.1, -0.05) is 6.92 Å².